The third-order valence-corrected chi connectivity index (χ3v) is 5.32. The molecule has 2 aliphatic heterocycles. The molecule has 0 saturated carbocycles. The number of likely N-dealkylation sites (tertiary alicyclic amines) is 1. The van der Waals surface area contributed by atoms with E-state index in [4.69, 9.17) is 26.8 Å². The SMILES string of the molecule is Cn1c(-c2ccccc2)nn(CN2CCC3(CC2)OCCO3)c1=S. The Kier molecular flexibility index (Phi) is 4.26. The van der Waals surface area contributed by atoms with E-state index >= 15 is 0 Å². The Hall–Kier alpha value is -1.54. The summed E-state index contributed by atoms with van der Waals surface area (Å²) in [7, 11) is 1.97. The minimum atomic E-state index is -0.336. The minimum absolute atomic E-state index is 0.336. The first-order valence-electron chi connectivity index (χ1n) is 8.36. The van der Waals surface area contributed by atoms with Crippen LogP contribution in [0.15, 0.2) is 30.3 Å². The molecule has 2 aliphatic rings. The molecule has 3 heterocycles. The lowest BCUT2D eigenvalue weighted by Crippen LogP contribution is -2.45. The Labute approximate surface area is 146 Å². The van der Waals surface area contributed by atoms with Crippen molar-refractivity contribution in [1.29, 1.82) is 0 Å². The maximum Gasteiger partial charge on any atom is 0.199 e. The van der Waals surface area contributed by atoms with Crippen LogP contribution in [0.5, 0.6) is 0 Å². The molecule has 0 atom stereocenters. The summed E-state index contributed by atoms with van der Waals surface area (Å²) in [4.78, 5) is 2.36. The number of hydrogen-bond donors (Lipinski definition) is 0. The number of ether oxygens (including phenoxy) is 2. The Morgan fingerprint density at radius 2 is 1.79 bits per heavy atom. The highest BCUT2D eigenvalue weighted by Crippen LogP contribution is 2.31. The number of benzene rings is 1. The summed E-state index contributed by atoms with van der Waals surface area (Å²) in [5, 5.41) is 4.73. The molecule has 2 saturated heterocycles. The van der Waals surface area contributed by atoms with E-state index in [1.807, 2.05) is 34.5 Å². The zero-order valence-corrected chi connectivity index (χ0v) is 14.7. The van der Waals surface area contributed by atoms with Crippen LogP contribution in [0.2, 0.25) is 0 Å². The van der Waals surface area contributed by atoms with Gasteiger partial charge in [0.1, 0.15) is 0 Å². The maximum atomic E-state index is 5.79. The lowest BCUT2D eigenvalue weighted by Gasteiger charge is -2.37. The van der Waals surface area contributed by atoms with Crippen LogP contribution in [0.25, 0.3) is 11.4 Å². The Bertz CT molecular complexity index is 755. The maximum absolute atomic E-state index is 5.79. The van der Waals surface area contributed by atoms with Crippen molar-refractivity contribution in [3.8, 4) is 11.4 Å². The summed E-state index contributed by atoms with van der Waals surface area (Å²) in [5.74, 6) is 0.564. The molecule has 2 aromatic rings. The molecule has 1 aromatic carbocycles. The van der Waals surface area contributed by atoms with E-state index in [0.29, 0.717) is 19.9 Å². The molecule has 128 valence electrons. The van der Waals surface area contributed by atoms with Gasteiger partial charge in [-0.3, -0.25) is 4.90 Å². The van der Waals surface area contributed by atoms with E-state index in [2.05, 4.69) is 17.0 Å². The summed E-state index contributed by atoms with van der Waals surface area (Å²) in [5.41, 5.74) is 1.08. The van der Waals surface area contributed by atoms with Gasteiger partial charge in [0.05, 0.1) is 19.9 Å². The number of hydrogen-bond acceptors (Lipinski definition) is 5. The highest BCUT2D eigenvalue weighted by molar-refractivity contribution is 7.71. The van der Waals surface area contributed by atoms with Crippen LogP contribution in [0.4, 0.5) is 0 Å². The number of piperidine rings is 1. The van der Waals surface area contributed by atoms with Crippen molar-refractivity contribution in [3.63, 3.8) is 0 Å². The predicted octanol–water partition coefficient (Wildman–Crippen LogP) is 2.41. The molecule has 0 bridgehead atoms. The molecule has 0 aliphatic carbocycles. The highest BCUT2D eigenvalue weighted by Gasteiger charge is 2.39. The Balaban J connectivity index is 1.49. The molecule has 24 heavy (non-hydrogen) atoms. The molecular formula is C17H22N4O2S. The summed E-state index contributed by atoms with van der Waals surface area (Å²) >= 11 is 5.57. The monoisotopic (exact) mass is 346 g/mol. The lowest BCUT2D eigenvalue weighted by atomic mass is 10.0. The first kappa shape index (κ1) is 16.0. The van der Waals surface area contributed by atoms with Crippen LogP contribution in [-0.4, -0.2) is 51.3 Å². The molecular weight excluding hydrogens is 324 g/mol. The molecule has 1 spiro atoms. The van der Waals surface area contributed by atoms with Crippen LogP contribution in [0, 0.1) is 4.77 Å². The van der Waals surface area contributed by atoms with E-state index in [1.54, 1.807) is 0 Å². The second kappa shape index (κ2) is 6.40. The van der Waals surface area contributed by atoms with E-state index in [0.717, 1.165) is 42.1 Å². The van der Waals surface area contributed by atoms with Crippen molar-refractivity contribution in [2.24, 2.45) is 7.05 Å². The van der Waals surface area contributed by atoms with Crippen LogP contribution in [-0.2, 0) is 23.2 Å². The smallest absolute Gasteiger partial charge is 0.199 e. The second-order valence-corrected chi connectivity index (χ2v) is 6.76. The molecule has 1 aromatic heterocycles. The summed E-state index contributed by atoms with van der Waals surface area (Å²) in [6.45, 7) is 3.99. The fraction of sp³-hybridized carbons (Fsp3) is 0.529. The van der Waals surface area contributed by atoms with Gasteiger partial charge < -0.3 is 14.0 Å². The fourth-order valence-corrected chi connectivity index (χ4v) is 3.61. The molecule has 2 fully saturated rings. The molecule has 7 heteroatoms. The molecule has 4 rings (SSSR count). The van der Waals surface area contributed by atoms with E-state index in [1.165, 1.54) is 0 Å². The average molecular weight is 346 g/mol. The molecule has 0 amide bonds. The van der Waals surface area contributed by atoms with Crippen molar-refractivity contribution < 1.29 is 9.47 Å². The lowest BCUT2D eigenvalue weighted by molar-refractivity contribution is -0.187. The molecule has 0 radical (unpaired) electrons. The van der Waals surface area contributed by atoms with Gasteiger partial charge in [-0.1, -0.05) is 30.3 Å². The van der Waals surface area contributed by atoms with Gasteiger partial charge in [-0.25, -0.2) is 4.68 Å². The molecule has 0 N–H and O–H groups in total. The van der Waals surface area contributed by atoms with Gasteiger partial charge in [-0.2, -0.15) is 5.10 Å². The van der Waals surface area contributed by atoms with Gasteiger partial charge >= 0.3 is 0 Å². The van der Waals surface area contributed by atoms with Crippen molar-refractivity contribution in [2.45, 2.75) is 25.3 Å². The summed E-state index contributed by atoms with van der Waals surface area (Å²) < 4.78 is 16.2. The van der Waals surface area contributed by atoms with Crippen LogP contribution in [0.1, 0.15) is 12.8 Å². The standard InChI is InChI=1S/C17H22N4O2S/c1-19-15(14-5-3-2-4-6-14)18-21(16(19)24)13-20-9-7-17(8-10-20)22-11-12-23-17/h2-6H,7-13H2,1H3. The van der Waals surface area contributed by atoms with Crippen molar-refractivity contribution in [2.75, 3.05) is 26.3 Å². The Morgan fingerprint density at radius 3 is 2.46 bits per heavy atom. The highest BCUT2D eigenvalue weighted by atomic mass is 32.1. The van der Waals surface area contributed by atoms with Gasteiger partial charge in [-0.15, -0.1) is 0 Å². The molecule has 6 nitrogen and oxygen atoms in total. The fourth-order valence-electron chi connectivity index (χ4n) is 3.43. The van der Waals surface area contributed by atoms with Crippen LogP contribution in [0.3, 0.4) is 0 Å². The average Bonchev–Trinajstić information content (AvgIpc) is 3.18. The van der Waals surface area contributed by atoms with Crippen molar-refractivity contribution >= 4 is 12.2 Å². The first-order chi connectivity index (χ1) is 11.7. The van der Waals surface area contributed by atoms with E-state index in [-0.39, 0.29) is 5.79 Å². The predicted molar refractivity (Wildman–Crippen MR) is 92.9 cm³/mol. The third kappa shape index (κ3) is 2.93. The minimum Gasteiger partial charge on any atom is -0.347 e. The van der Waals surface area contributed by atoms with Gasteiger partial charge in [-0.05, 0) is 12.2 Å². The Morgan fingerprint density at radius 1 is 1.12 bits per heavy atom. The van der Waals surface area contributed by atoms with Crippen molar-refractivity contribution in [1.82, 2.24) is 19.2 Å². The zero-order valence-electron chi connectivity index (χ0n) is 13.9. The van der Waals surface area contributed by atoms with Crippen LogP contribution < -0.4 is 0 Å². The third-order valence-electron chi connectivity index (χ3n) is 4.84. The zero-order chi connectivity index (χ0) is 16.6. The van der Waals surface area contributed by atoms with Crippen molar-refractivity contribution in [3.05, 3.63) is 35.1 Å². The summed E-state index contributed by atoms with van der Waals surface area (Å²) in [6, 6.07) is 10.2. The summed E-state index contributed by atoms with van der Waals surface area (Å²) in [6.07, 6.45) is 1.80. The molecule has 0 unspecified atom stereocenters. The van der Waals surface area contributed by atoms with Crippen LogP contribution >= 0.6 is 12.2 Å². The second-order valence-electron chi connectivity index (χ2n) is 6.40. The quantitative estimate of drug-likeness (QED) is 0.799. The van der Waals surface area contributed by atoms with Gasteiger partial charge in [0, 0.05) is 38.5 Å². The normalized spacial score (nSPS) is 20.7. The topological polar surface area (TPSA) is 44.5 Å². The largest absolute Gasteiger partial charge is 0.347 e. The number of aromatic nitrogens is 3. The van der Waals surface area contributed by atoms with Gasteiger partial charge in [0.2, 0.25) is 0 Å². The van der Waals surface area contributed by atoms with E-state index in [9.17, 15) is 0 Å². The van der Waals surface area contributed by atoms with E-state index < -0.39 is 0 Å². The van der Waals surface area contributed by atoms with Gasteiger partial charge in [0.25, 0.3) is 0 Å². The first-order valence-corrected chi connectivity index (χ1v) is 8.77. The van der Waals surface area contributed by atoms with Gasteiger partial charge in [0.15, 0.2) is 16.4 Å². The number of nitrogens with zero attached hydrogens (tertiary/aromatic N) is 4. The number of rotatable bonds is 3.